The summed E-state index contributed by atoms with van der Waals surface area (Å²) in [6, 6.07) is 0.523. The molecule has 1 atom stereocenters. The van der Waals surface area contributed by atoms with Crippen LogP contribution in [-0.4, -0.2) is 21.0 Å². The minimum atomic E-state index is 0.523. The zero-order valence-electron chi connectivity index (χ0n) is 8.78. The maximum Gasteiger partial charge on any atom is 0.0738 e. The van der Waals surface area contributed by atoms with Gasteiger partial charge in [-0.1, -0.05) is 19.1 Å². The van der Waals surface area contributed by atoms with Gasteiger partial charge >= 0.3 is 0 Å². The SMILES string of the molecule is CC(C)C(C)NCc1cnnn1C. The van der Waals surface area contributed by atoms with E-state index in [9.17, 15) is 0 Å². The van der Waals surface area contributed by atoms with E-state index in [4.69, 9.17) is 0 Å². The first-order chi connectivity index (χ1) is 6.11. The second kappa shape index (κ2) is 4.37. The second-order valence-corrected chi connectivity index (χ2v) is 3.76. The first-order valence-corrected chi connectivity index (χ1v) is 4.68. The van der Waals surface area contributed by atoms with Crippen molar-refractivity contribution in [2.75, 3.05) is 0 Å². The van der Waals surface area contributed by atoms with Gasteiger partial charge in [-0.05, 0) is 12.8 Å². The molecule has 0 aromatic carbocycles. The monoisotopic (exact) mass is 182 g/mol. The third-order valence-corrected chi connectivity index (χ3v) is 2.41. The number of nitrogens with one attached hydrogen (secondary N) is 1. The summed E-state index contributed by atoms with van der Waals surface area (Å²) in [6.45, 7) is 7.44. The van der Waals surface area contributed by atoms with E-state index in [0.29, 0.717) is 12.0 Å². The molecule has 0 spiro atoms. The maximum atomic E-state index is 3.87. The molecule has 1 heterocycles. The molecule has 0 aliphatic heterocycles. The highest BCUT2D eigenvalue weighted by molar-refractivity contribution is 4.92. The van der Waals surface area contributed by atoms with Crippen molar-refractivity contribution in [2.24, 2.45) is 13.0 Å². The molecular weight excluding hydrogens is 164 g/mol. The fraction of sp³-hybridized carbons (Fsp3) is 0.778. The second-order valence-electron chi connectivity index (χ2n) is 3.76. The van der Waals surface area contributed by atoms with Gasteiger partial charge in [0.25, 0.3) is 0 Å². The van der Waals surface area contributed by atoms with Crippen LogP contribution in [0.2, 0.25) is 0 Å². The van der Waals surface area contributed by atoms with Gasteiger partial charge in [0.1, 0.15) is 0 Å². The van der Waals surface area contributed by atoms with E-state index >= 15 is 0 Å². The summed E-state index contributed by atoms with van der Waals surface area (Å²) in [5, 5.41) is 11.1. The van der Waals surface area contributed by atoms with Crippen molar-refractivity contribution >= 4 is 0 Å². The van der Waals surface area contributed by atoms with Crippen LogP contribution in [0.4, 0.5) is 0 Å². The smallest absolute Gasteiger partial charge is 0.0738 e. The summed E-state index contributed by atoms with van der Waals surface area (Å²) in [5.41, 5.74) is 1.12. The summed E-state index contributed by atoms with van der Waals surface area (Å²) >= 11 is 0. The summed E-state index contributed by atoms with van der Waals surface area (Å²) in [6.07, 6.45) is 1.79. The van der Waals surface area contributed by atoms with Crippen LogP contribution in [0.1, 0.15) is 26.5 Å². The predicted molar refractivity (Wildman–Crippen MR) is 52.1 cm³/mol. The lowest BCUT2D eigenvalue weighted by Crippen LogP contribution is -2.30. The largest absolute Gasteiger partial charge is 0.308 e. The van der Waals surface area contributed by atoms with Crippen molar-refractivity contribution in [2.45, 2.75) is 33.4 Å². The van der Waals surface area contributed by atoms with Crippen molar-refractivity contribution < 1.29 is 0 Å². The van der Waals surface area contributed by atoms with Gasteiger partial charge in [0, 0.05) is 19.6 Å². The molecule has 0 saturated carbocycles. The molecule has 0 saturated heterocycles. The predicted octanol–water partition coefficient (Wildman–Crippen LogP) is 0.949. The Morgan fingerprint density at radius 3 is 2.62 bits per heavy atom. The Labute approximate surface area is 79.3 Å². The highest BCUT2D eigenvalue weighted by Gasteiger charge is 2.07. The van der Waals surface area contributed by atoms with E-state index in [1.54, 1.807) is 10.9 Å². The average molecular weight is 182 g/mol. The zero-order valence-corrected chi connectivity index (χ0v) is 8.78. The van der Waals surface area contributed by atoms with Crippen LogP contribution in [0.15, 0.2) is 6.20 Å². The van der Waals surface area contributed by atoms with Gasteiger partial charge in [0.15, 0.2) is 0 Å². The number of hydrogen-bond acceptors (Lipinski definition) is 3. The van der Waals surface area contributed by atoms with Gasteiger partial charge < -0.3 is 5.32 Å². The molecule has 1 aromatic rings. The quantitative estimate of drug-likeness (QED) is 0.754. The summed E-state index contributed by atoms with van der Waals surface area (Å²) < 4.78 is 1.79. The molecule has 4 nitrogen and oxygen atoms in total. The van der Waals surface area contributed by atoms with Gasteiger partial charge in [-0.2, -0.15) is 0 Å². The third kappa shape index (κ3) is 2.81. The Bertz CT molecular complexity index is 254. The molecule has 1 N–H and O–H groups in total. The molecular formula is C9H18N4. The van der Waals surface area contributed by atoms with Crippen molar-refractivity contribution in [3.63, 3.8) is 0 Å². The van der Waals surface area contributed by atoms with Gasteiger partial charge in [-0.25, -0.2) is 0 Å². The lowest BCUT2D eigenvalue weighted by atomic mass is 10.1. The molecule has 1 rings (SSSR count). The molecule has 74 valence electrons. The lowest BCUT2D eigenvalue weighted by molar-refractivity contribution is 0.419. The number of aromatic nitrogens is 3. The third-order valence-electron chi connectivity index (χ3n) is 2.41. The van der Waals surface area contributed by atoms with Crippen LogP contribution in [0, 0.1) is 5.92 Å². The first-order valence-electron chi connectivity index (χ1n) is 4.68. The summed E-state index contributed by atoms with van der Waals surface area (Å²) in [5.74, 6) is 0.654. The highest BCUT2D eigenvalue weighted by atomic mass is 15.4. The molecule has 0 aliphatic rings. The fourth-order valence-electron chi connectivity index (χ4n) is 0.972. The first kappa shape index (κ1) is 10.2. The topological polar surface area (TPSA) is 42.7 Å². The van der Waals surface area contributed by atoms with Crippen molar-refractivity contribution in [1.29, 1.82) is 0 Å². The number of rotatable bonds is 4. The van der Waals surface area contributed by atoms with Crippen LogP contribution in [0.3, 0.4) is 0 Å². The Hall–Kier alpha value is -0.900. The average Bonchev–Trinajstić information content (AvgIpc) is 2.47. The van der Waals surface area contributed by atoms with Crippen LogP contribution >= 0.6 is 0 Å². The fourth-order valence-corrected chi connectivity index (χ4v) is 0.972. The van der Waals surface area contributed by atoms with Crippen LogP contribution in [-0.2, 0) is 13.6 Å². The Kier molecular flexibility index (Phi) is 3.42. The molecule has 4 heteroatoms. The Balaban J connectivity index is 2.39. The van der Waals surface area contributed by atoms with Gasteiger partial charge in [-0.15, -0.1) is 5.10 Å². The molecule has 1 unspecified atom stereocenters. The van der Waals surface area contributed by atoms with Crippen LogP contribution in [0.5, 0.6) is 0 Å². The summed E-state index contributed by atoms with van der Waals surface area (Å²) in [7, 11) is 1.91. The minimum Gasteiger partial charge on any atom is -0.308 e. The molecule has 13 heavy (non-hydrogen) atoms. The highest BCUT2D eigenvalue weighted by Crippen LogP contribution is 2.01. The van der Waals surface area contributed by atoms with E-state index < -0.39 is 0 Å². The standard InChI is InChI=1S/C9H18N4/c1-7(2)8(3)10-5-9-6-11-12-13(9)4/h6-8,10H,5H2,1-4H3. The molecule has 0 amide bonds. The lowest BCUT2D eigenvalue weighted by Gasteiger charge is -2.16. The van der Waals surface area contributed by atoms with Crippen LogP contribution < -0.4 is 5.32 Å². The maximum absolute atomic E-state index is 3.87. The minimum absolute atomic E-state index is 0.523. The molecule has 0 radical (unpaired) electrons. The van der Waals surface area contributed by atoms with Gasteiger partial charge in [0.2, 0.25) is 0 Å². The molecule has 0 bridgehead atoms. The molecule has 0 fully saturated rings. The van der Waals surface area contributed by atoms with Crippen molar-refractivity contribution in [1.82, 2.24) is 20.3 Å². The van der Waals surface area contributed by atoms with E-state index in [1.165, 1.54) is 0 Å². The van der Waals surface area contributed by atoms with E-state index in [-0.39, 0.29) is 0 Å². The normalized spacial score (nSPS) is 13.6. The van der Waals surface area contributed by atoms with E-state index in [2.05, 4.69) is 36.4 Å². The van der Waals surface area contributed by atoms with Gasteiger partial charge in [-0.3, -0.25) is 4.68 Å². The number of nitrogens with zero attached hydrogens (tertiary/aromatic N) is 3. The van der Waals surface area contributed by atoms with Gasteiger partial charge in [0.05, 0.1) is 11.9 Å². The Morgan fingerprint density at radius 2 is 2.15 bits per heavy atom. The van der Waals surface area contributed by atoms with Crippen LogP contribution in [0.25, 0.3) is 0 Å². The Morgan fingerprint density at radius 1 is 1.46 bits per heavy atom. The summed E-state index contributed by atoms with van der Waals surface area (Å²) in [4.78, 5) is 0. The number of hydrogen-bond donors (Lipinski definition) is 1. The van der Waals surface area contributed by atoms with Crippen molar-refractivity contribution in [3.05, 3.63) is 11.9 Å². The van der Waals surface area contributed by atoms with Crippen molar-refractivity contribution in [3.8, 4) is 0 Å². The van der Waals surface area contributed by atoms with E-state index in [0.717, 1.165) is 12.2 Å². The number of aryl methyl sites for hydroxylation is 1. The molecule has 1 aromatic heterocycles. The van der Waals surface area contributed by atoms with E-state index in [1.807, 2.05) is 7.05 Å². The molecule has 0 aliphatic carbocycles. The zero-order chi connectivity index (χ0) is 9.84.